The minimum Gasteiger partial charge on any atom is -0.455 e. The van der Waals surface area contributed by atoms with Crippen molar-refractivity contribution in [3.63, 3.8) is 0 Å². The fourth-order valence-electron chi connectivity index (χ4n) is 7.97. The predicted molar refractivity (Wildman–Crippen MR) is 219 cm³/mol. The van der Waals surface area contributed by atoms with E-state index in [1.807, 2.05) is 42.5 Å². The van der Waals surface area contributed by atoms with Gasteiger partial charge < -0.3 is 9.30 Å². The molecule has 54 heavy (non-hydrogen) atoms. The van der Waals surface area contributed by atoms with E-state index in [9.17, 15) is 0 Å². The zero-order valence-electron chi connectivity index (χ0n) is 29.0. The van der Waals surface area contributed by atoms with Gasteiger partial charge >= 0.3 is 0 Å². The first kappa shape index (κ1) is 30.3. The van der Waals surface area contributed by atoms with E-state index in [4.69, 9.17) is 19.7 Å². The van der Waals surface area contributed by atoms with E-state index in [-0.39, 0.29) is 0 Å². The lowest BCUT2D eigenvalue weighted by atomic mass is 9.92. The van der Waals surface area contributed by atoms with Crippen LogP contribution < -0.4 is 4.74 Å². The van der Waals surface area contributed by atoms with Gasteiger partial charge in [-0.3, -0.25) is 0 Å². The number of hydrogen-bond acceptors (Lipinski definition) is 4. The largest absolute Gasteiger partial charge is 0.455 e. The molecule has 0 spiro atoms. The van der Waals surface area contributed by atoms with Crippen molar-refractivity contribution in [1.29, 1.82) is 0 Å². The van der Waals surface area contributed by atoms with E-state index in [1.54, 1.807) is 0 Å². The summed E-state index contributed by atoms with van der Waals surface area (Å²) in [5.41, 5.74) is 10.5. The van der Waals surface area contributed by atoms with E-state index in [0.29, 0.717) is 17.5 Å². The third-order valence-electron chi connectivity index (χ3n) is 10.5. The maximum atomic E-state index is 6.93. The highest BCUT2D eigenvalue weighted by Crippen LogP contribution is 2.51. The summed E-state index contributed by atoms with van der Waals surface area (Å²) in [6.45, 7) is 0. The smallest absolute Gasteiger partial charge is 0.167 e. The van der Waals surface area contributed by atoms with Gasteiger partial charge in [0.15, 0.2) is 17.5 Å². The Morgan fingerprint density at radius 3 is 1.56 bits per heavy atom. The molecule has 5 heteroatoms. The standard InChI is InChI=1S/C49H30N4O/c1-3-13-31(14-4-1)32-25-27-34(28-26-32)48-50-47(33-15-5-2-6-16-33)51-49(52-48)40-22-12-20-38-37-19-11-21-39-43(29-30-44(45(37)39)54-46(38)40)53-41-23-9-7-17-35(41)36-18-8-10-24-42(36)53/h1-30H. The van der Waals surface area contributed by atoms with Gasteiger partial charge in [0.1, 0.15) is 11.5 Å². The number of para-hydroxylation sites is 3. The third kappa shape index (κ3) is 4.76. The van der Waals surface area contributed by atoms with Crippen molar-refractivity contribution in [2.75, 3.05) is 0 Å². The van der Waals surface area contributed by atoms with Gasteiger partial charge in [-0.25, -0.2) is 15.0 Å². The monoisotopic (exact) mass is 690 g/mol. The Balaban J connectivity index is 1.08. The molecule has 11 rings (SSSR count). The molecular weight excluding hydrogens is 661 g/mol. The molecule has 10 aromatic rings. The highest BCUT2D eigenvalue weighted by molar-refractivity contribution is 6.13. The van der Waals surface area contributed by atoms with Crippen molar-refractivity contribution in [2.24, 2.45) is 0 Å². The zero-order chi connectivity index (χ0) is 35.6. The lowest BCUT2D eigenvalue weighted by Crippen LogP contribution is -2.04. The summed E-state index contributed by atoms with van der Waals surface area (Å²) in [6.07, 6.45) is 0. The highest BCUT2D eigenvalue weighted by Gasteiger charge is 2.26. The molecule has 0 aliphatic carbocycles. The van der Waals surface area contributed by atoms with Crippen molar-refractivity contribution >= 4 is 32.6 Å². The molecule has 0 radical (unpaired) electrons. The highest BCUT2D eigenvalue weighted by atomic mass is 16.5. The summed E-state index contributed by atoms with van der Waals surface area (Å²) in [5, 5.41) is 4.68. The average Bonchev–Trinajstić information content (AvgIpc) is 3.58. The van der Waals surface area contributed by atoms with Crippen molar-refractivity contribution in [3.05, 3.63) is 182 Å². The maximum absolute atomic E-state index is 6.93. The Morgan fingerprint density at radius 2 is 0.852 bits per heavy atom. The first-order chi connectivity index (χ1) is 26.8. The van der Waals surface area contributed by atoms with Crippen LogP contribution in [0.25, 0.3) is 94.7 Å². The van der Waals surface area contributed by atoms with E-state index >= 15 is 0 Å². The van der Waals surface area contributed by atoms with Crippen molar-refractivity contribution < 1.29 is 4.74 Å². The van der Waals surface area contributed by atoms with Crippen LogP contribution in [-0.2, 0) is 0 Å². The molecule has 1 aliphatic rings. The molecular formula is C49H30N4O. The first-order valence-corrected chi connectivity index (χ1v) is 18.1. The summed E-state index contributed by atoms with van der Waals surface area (Å²) in [7, 11) is 0. The summed E-state index contributed by atoms with van der Waals surface area (Å²) in [6, 6.07) is 63.2. The second-order valence-electron chi connectivity index (χ2n) is 13.6. The minimum atomic E-state index is 0.556. The van der Waals surface area contributed by atoms with Gasteiger partial charge in [-0.2, -0.15) is 0 Å². The van der Waals surface area contributed by atoms with Crippen LogP contribution in [0.3, 0.4) is 0 Å². The van der Waals surface area contributed by atoms with Crippen molar-refractivity contribution in [1.82, 2.24) is 19.5 Å². The number of ether oxygens (including phenoxy) is 1. The fourth-order valence-corrected chi connectivity index (χ4v) is 7.97. The van der Waals surface area contributed by atoms with Gasteiger partial charge in [-0.1, -0.05) is 152 Å². The number of nitrogens with zero attached hydrogens (tertiary/aromatic N) is 4. The molecule has 1 aliphatic heterocycles. The van der Waals surface area contributed by atoms with E-state index in [2.05, 4.69) is 144 Å². The molecule has 0 fully saturated rings. The Morgan fingerprint density at radius 1 is 0.352 bits per heavy atom. The average molecular weight is 691 g/mol. The molecule has 0 bridgehead atoms. The molecule has 2 aromatic heterocycles. The summed E-state index contributed by atoms with van der Waals surface area (Å²) < 4.78 is 9.31. The van der Waals surface area contributed by atoms with Gasteiger partial charge in [0.05, 0.1) is 22.3 Å². The second kappa shape index (κ2) is 12.1. The van der Waals surface area contributed by atoms with Crippen molar-refractivity contribution in [2.45, 2.75) is 0 Å². The van der Waals surface area contributed by atoms with Crippen LogP contribution in [0.1, 0.15) is 0 Å². The molecule has 0 atom stereocenters. The van der Waals surface area contributed by atoms with Gasteiger partial charge in [0, 0.05) is 38.2 Å². The maximum Gasteiger partial charge on any atom is 0.167 e. The number of hydrogen-bond donors (Lipinski definition) is 0. The SMILES string of the molecule is c1ccc(-c2ccc(-c3nc(-c4ccccc4)nc(-c4cccc5c4Oc4ccc(-n6c7ccccc7c7ccccc76)c6cccc-5c46)n3)cc2)cc1. The third-order valence-corrected chi connectivity index (χ3v) is 10.5. The molecule has 8 aromatic carbocycles. The lowest BCUT2D eigenvalue weighted by Gasteiger charge is -2.24. The molecule has 3 heterocycles. The number of fused-ring (bicyclic) bond motifs is 5. The summed E-state index contributed by atoms with van der Waals surface area (Å²) >= 11 is 0. The van der Waals surface area contributed by atoms with Crippen LogP contribution >= 0.6 is 0 Å². The van der Waals surface area contributed by atoms with Gasteiger partial charge in [-0.05, 0) is 47.0 Å². The van der Waals surface area contributed by atoms with E-state index < -0.39 is 0 Å². The number of benzene rings is 8. The lowest BCUT2D eigenvalue weighted by molar-refractivity contribution is 0.488. The predicted octanol–water partition coefficient (Wildman–Crippen LogP) is 12.6. The fraction of sp³-hybridized carbons (Fsp3) is 0. The minimum absolute atomic E-state index is 0.556. The van der Waals surface area contributed by atoms with Crippen LogP contribution in [0, 0.1) is 0 Å². The molecule has 0 N–H and O–H groups in total. The molecule has 0 saturated heterocycles. The van der Waals surface area contributed by atoms with Crippen LogP contribution in [0.15, 0.2) is 182 Å². The molecule has 5 nitrogen and oxygen atoms in total. The Hall–Kier alpha value is -7.37. The Bertz CT molecular complexity index is 3010. The summed E-state index contributed by atoms with van der Waals surface area (Å²) in [4.78, 5) is 15.2. The van der Waals surface area contributed by atoms with Crippen molar-refractivity contribution in [3.8, 4) is 73.6 Å². The second-order valence-corrected chi connectivity index (χ2v) is 13.6. The Labute approximate surface area is 311 Å². The van der Waals surface area contributed by atoms with Gasteiger partial charge in [0.25, 0.3) is 0 Å². The quantitative estimate of drug-likeness (QED) is 0.180. The van der Waals surface area contributed by atoms with E-state index in [0.717, 1.165) is 66.9 Å². The molecule has 252 valence electrons. The van der Waals surface area contributed by atoms with Crippen LogP contribution in [0.4, 0.5) is 0 Å². The molecule has 0 amide bonds. The topological polar surface area (TPSA) is 52.8 Å². The van der Waals surface area contributed by atoms with E-state index in [1.165, 1.54) is 21.8 Å². The number of rotatable bonds is 5. The van der Waals surface area contributed by atoms with Crippen LogP contribution in [-0.4, -0.2) is 19.5 Å². The van der Waals surface area contributed by atoms with Gasteiger partial charge in [-0.15, -0.1) is 0 Å². The molecule has 0 saturated carbocycles. The zero-order valence-corrected chi connectivity index (χ0v) is 29.0. The summed E-state index contributed by atoms with van der Waals surface area (Å²) in [5.74, 6) is 3.30. The normalized spacial score (nSPS) is 11.9. The Kier molecular flexibility index (Phi) is 6.79. The first-order valence-electron chi connectivity index (χ1n) is 18.1. The molecule has 0 unspecified atom stereocenters. The van der Waals surface area contributed by atoms with Crippen LogP contribution in [0.5, 0.6) is 11.5 Å². The van der Waals surface area contributed by atoms with Crippen LogP contribution in [0.2, 0.25) is 0 Å². The van der Waals surface area contributed by atoms with Gasteiger partial charge in [0.2, 0.25) is 0 Å². The number of aromatic nitrogens is 4.